The van der Waals surface area contributed by atoms with Crippen LogP contribution in [0.2, 0.25) is 0 Å². The molecule has 138 valence electrons. The molecule has 9 heteroatoms. The van der Waals surface area contributed by atoms with Gasteiger partial charge in [0.05, 0.1) is 18.7 Å². The van der Waals surface area contributed by atoms with Gasteiger partial charge in [-0.1, -0.05) is 22.3 Å². The number of nitrogens with two attached hydrogens (primary N) is 1. The SMILES string of the molecule is COc1cccc([C@@H](C)Nc2nnc(Nc3ccc4[nH]nc(N)c4c3)o2)c1. The molecule has 4 aromatic rings. The van der Waals surface area contributed by atoms with E-state index in [1.807, 2.05) is 49.4 Å². The predicted molar refractivity (Wildman–Crippen MR) is 103 cm³/mol. The molecule has 0 aliphatic heterocycles. The smallest absolute Gasteiger partial charge is 0.321 e. The van der Waals surface area contributed by atoms with Crippen LogP contribution in [-0.4, -0.2) is 27.5 Å². The van der Waals surface area contributed by atoms with Crippen LogP contribution in [0.25, 0.3) is 10.9 Å². The van der Waals surface area contributed by atoms with Crippen LogP contribution < -0.4 is 21.1 Å². The lowest BCUT2D eigenvalue weighted by atomic mass is 10.1. The number of hydrogen-bond acceptors (Lipinski definition) is 8. The van der Waals surface area contributed by atoms with E-state index in [-0.39, 0.29) is 12.1 Å². The summed E-state index contributed by atoms with van der Waals surface area (Å²) >= 11 is 0. The van der Waals surface area contributed by atoms with E-state index in [9.17, 15) is 0 Å². The lowest BCUT2D eigenvalue weighted by Gasteiger charge is -2.13. The second-order valence-corrected chi connectivity index (χ2v) is 6.05. The quantitative estimate of drug-likeness (QED) is 0.409. The molecule has 0 amide bonds. The van der Waals surface area contributed by atoms with Crippen molar-refractivity contribution in [3.63, 3.8) is 0 Å². The van der Waals surface area contributed by atoms with E-state index >= 15 is 0 Å². The van der Waals surface area contributed by atoms with E-state index in [0.717, 1.165) is 27.9 Å². The largest absolute Gasteiger partial charge is 0.497 e. The van der Waals surface area contributed by atoms with E-state index in [0.29, 0.717) is 11.8 Å². The molecule has 0 aliphatic carbocycles. The van der Waals surface area contributed by atoms with Crippen molar-refractivity contribution in [2.45, 2.75) is 13.0 Å². The summed E-state index contributed by atoms with van der Waals surface area (Å²) in [7, 11) is 1.64. The van der Waals surface area contributed by atoms with Gasteiger partial charge in [0.1, 0.15) is 5.75 Å². The number of nitrogens with zero attached hydrogens (tertiary/aromatic N) is 3. The highest BCUT2D eigenvalue weighted by Crippen LogP contribution is 2.26. The van der Waals surface area contributed by atoms with E-state index in [1.54, 1.807) is 7.11 Å². The fourth-order valence-electron chi connectivity index (χ4n) is 2.75. The zero-order chi connectivity index (χ0) is 18.8. The zero-order valence-corrected chi connectivity index (χ0v) is 14.9. The predicted octanol–water partition coefficient (Wildman–Crippen LogP) is 3.45. The van der Waals surface area contributed by atoms with Gasteiger partial charge < -0.3 is 25.5 Å². The molecule has 0 saturated heterocycles. The average Bonchev–Trinajstić information content (AvgIpc) is 3.28. The number of nitrogen functional groups attached to an aromatic ring is 1. The maximum Gasteiger partial charge on any atom is 0.321 e. The number of ether oxygens (including phenoxy) is 1. The summed E-state index contributed by atoms with van der Waals surface area (Å²) in [6, 6.07) is 14.0. The van der Waals surface area contributed by atoms with E-state index < -0.39 is 0 Å². The number of anilines is 4. The van der Waals surface area contributed by atoms with Gasteiger partial charge in [0.25, 0.3) is 0 Å². The molecule has 5 N–H and O–H groups in total. The number of fused-ring (bicyclic) bond motifs is 1. The van der Waals surface area contributed by atoms with Gasteiger partial charge >= 0.3 is 12.0 Å². The lowest BCUT2D eigenvalue weighted by Crippen LogP contribution is -2.06. The molecule has 0 aliphatic rings. The fraction of sp³-hybridized carbons (Fsp3) is 0.167. The van der Waals surface area contributed by atoms with Gasteiger partial charge in [0.15, 0.2) is 5.82 Å². The van der Waals surface area contributed by atoms with Gasteiger partial charge in [-0.3, -0.25) is 5.10 Å². The molecule has 0 unspecified atom stereocenters. The number of benzene rings is 2. The number of methoxy groups -OCH3 is 1. The second-order valence-electron chi connectivity index (χ2n) is 6.05. The first-order valence-corrected chi connectivity index (χ1v) is 8.37. The molecule has 0 fully saturated rings. The second kappa shape index (κ2) is 6.87. The Morgan fingerprint density at radius 3 is 2.85 bits per heavy atom. The summed E-state index contributed by atoms with van der Waals surface area (Å²) in [4.78, 5) is 0. The van der Waals surface area contributed by atoms with Gasteiger partial charge in [-0.2, -0.15) is 5.10 Å². The summed E-state index contributed by atoms with van der Waals surface area (Å²) in [5, 5.41) is 21.9. The van der Waals surface area contributed by atoms with Crippen molar-refractivity contribution in [1.29, 1.82) is 0 Å². The molecule has 0 spiro atoms. The van der Waals surface area contributed by atoms with Crippen molar-refractivity contribution < 1.29 is 9.15 Å². The Bertz CT molecular complexity index is 1070. The van der Waals surface area contributed by atoms with E-state index in [2.05, 4.69) is 31.0 Å². The lowest BCUT2D eigenvalue weighted by molar-refractivity contribution is 0.414. The Kier molecular flexibility index (Phi) is 4.25. The summed E-state index contributed by atoms with van der Waals surface area (Å²) in [5.41, 5.74) is 8.51. The van der Waals surface area contributed by atoms with Crippen LogP contribution in [0, 0.1) is 0 Å². The standard InChI is InChI=1S/C18H19N7O2/c1-10(11-4-3-5-13(8-11)26-2)20-17-24-25-18(27-17)21-12-6-7-15-14(9-12)16(19)23-22-15/h3-10H,1-2H3,(H,20,24)(H,21,25)(H3,19,22,23)/t10-/m1/s1. The number of aromatic amines is 1. The number of rotatable bonds is 6. The Labute approximate surface area is 154 Å². The van der Waals surface area contributed by atoms with Crippen LogP contribution in [-0.2, 0) is 0 Å². The number of aromatic nitrogens is 4. The summed E-state index contributed by atoms with van der Waals surface area (Å²) in [6.45, 7) is 2.00. The first-order valence-electron chi connectivity index (χ1n) is 8.37. The molecule has 4 rings (SSSR count). The first kappa shape index (κ1) is 16.7. The molecular formula is C18H19N7O2. The third kappa shape index (κ3) is 3.47. The molecule has 0 radical (unpaired) electrons. The van der Waals surface area contributed by atoms with Crippen molar-refractivity contribution in [2.75, 3.05) is 23.5 Å². The molecule has 0 saturated carbocycles. The van der Waals surface area contributed by atoms with Gasteiger partial charge in [-0.25, -0.2) is 0 Å². The van der Waals surface area contributed by atoms with Crippen LogP contribution in [0.15, 0.2) is 46.9 Å². The first-order chi connectivity index (χ1) is 13.1. The zero-order valence-electron chi connectivity index (χ0n) is 14.9. The monoisotopic (exact) mass is 365 g/mol. The van der Waals surface area contributed by atoms with Crippen LogP contribution in [0.5, 0.6) is 5.75 Å². The maximum atomic E-state index is 5.83. The molecule has 1 atom stereocenters. The maximum absolute atomic E-state index is 5.83. The molecule has 2 aromatic carbocycles. The number of hydrogen-bond donors (Lipinski definition) is 4. The fourth-order valence-corrected chi connectivity index (χ4v) is 2.75. The molecule has 0 bridgehead atoms. The Morgan fingerprint density at radius 1 is 1.15 bits per heavy atom. The van der Waals surface area contributed by atoms with Gasteiger partial charge in [-0.15, -0.1) is 0 Å². The van der Waals surface area contributed by atoms with E-state index in [4.69, 9.17) is 14.9 Å². The van der Waals surface area contributed by atoms with Gasteiger partial charge in [0.2, 0.25) is 0 Å². The molecule has 2 heterocycles. The van der Waals surface area contributed by atoms with Gasteiger partial charge in [0, 0.05) is 11.1 Å². The highest BCUT2D eigenvalue weighted by atomic mass is 16.5. The minimum absolute atomic E-state index is 0.0320. The summed E-state index contributed by atoms with van der Waals surface area (Å²) < 4.78 is 10.9. The summed E-state index contributed by atoms with van der Waals surface area (Å²) in [5.74, 6) is 1.23. The van der Waals surface area contributed by atoms with Crippen molar-refractivity contribution >= 4 is 34.4 Å². The molecule has 27 heavy (non-hydrogen) atoms. The van der Waals surface area contributed by atoms with Gasteiger partial charge in [-0.05, 0) is 42.8 Å². The number of nitrogens with one attached hydrogen (secondary N) is 3. The Balaban J connectivity index is 1.46. The molecule has 2 aromatic heterocycles. The van der Waals surface area contributed by atoms with Crippen LogP contribution in [0.4, 0.5) is 23.5 Å². The van der Waals surface area contributed by atoms with Crippen molar-refractivity contribution in [1.82, 2.24) is 20.4 Å². The van der Waals surface area contributed by atoms with Crippen LogP contribution in [0.1, 0.15) is 18.5 Å². The normalized spacial score (nSPS) is 12.1. The minimum Gasteiger partial charge on any atom is -0.497 e. The third-order valence-electron chi connectivity index (χ3n) is 4.20. The van der Waals surface area contributed by atoms with E-state index in [1.165, 1.54) is 0 Å². The highest BCUT2D eigenvalue weighted by Gasteiger charge is 2.12. The van der Waals surface area contributed by atoms with Crippen LogP contribution in [0.3, 0.4) is 0 Å². The average molecular weight is 365 g/mol. The van der Waals surface area contributed by atoms with Crippen molar-refractivity contribution in [3.8, 4) is 5.75 Å². The van der Waals surface area contributed by atoms with Crippen molar-refractivity contribution in [2.24, 2.45) is 0 Å². The topological polar surface area (TPSA) is 127 Å². The molecule has 9 nitrogen and oxygen atoms in total. The minimum atomic E-state index is -0.0320. The number of H-pyrrole nitrogens is 1. The third-order valence-corrected chi connectivity index (χ3v) is 4.20. The Morgan fingerprint density at radius 2 is 2.00 bits per heavy atom. The van der Waals surface area contributed by atoms with Crippen LogP contribution >= 0.6 is 0 Å². The Hall–Kier alpha value is -3.75. The summed E-state index contributed by atoms with van der Waals surface area (Å²) in [6.07, 6.45) is 0. The highest BCUT2D eigenvalue weighted by molar-refractivity contribution is 5.91. The van der Waals surface area contributed by atoms with Crippen molar-refractivity contribution in [3.05, 3.63) is 48.0 Å². The molecular weight excluding hydrogens is 346 g/mol.